The van der Waals surface area contributed by atoms with Gasteiger partial charge in [-0.25, -0.2) is 23.1 Å². The molecule has 1 atom stereocenters. The van der Waals surface area contributed by atoms with Crippen LogP contribution in [0.5, 0.6) is 0 Å². The Kier molecular flexibility index (Phi) is 6.12. The van der Waals surface area contributed by atoms with Crippen LogP contribution in [0.1, 0.15) is 25.0 Å². The van der Waals surface area contributed by atoms with Crippen molar-refractivity contribution < 1.29 is 8.42 Å². The van der Waals surface area contributed by atoms with E-state index in [0.29, 0.717) is 12.2 Å². The maximum absolute atomic E-state index is 12.0. The number of sulfonamides is 1. The molecule has 0 radical (unpaired) electrons. The van der Waals surface area contributed by atoms with Crippen LogP contribution in [0.3, 0.4) is 0 Å². The summed E-state index contributed by atoms with van der Waals surface area (Å²) in [5.74, 6) is 0. The van der Waals surface area contributed by atoms with E-state index in [1.165, 1.54) is 6.20 Å². The molecule has 19 heavy (non-hydrogen) atoms. The Labute approximate surface area is 119 Å². The van der Waals surface area contributed by atoms with Crippen LogP contribution in [0.4, 0.5) is 0 Å². The van der Waals surface area contributed by atoms with Gasteiger partial charge < -0.3 is 5.32 Å². The van der Waals surface area contributed by atoms with Gasteiger partial charge in [0, 0.05) is 24.5 Å². The van der Waals surface area contributed by atoms with E-state index in [2.05, 4.69) is 20.0 Å². The van der Waals surface area contributed by atoms with Crippen molar-refractivity contribution in [2.75, 3.05) is 13.1 Å². The summed E-state index contributed by atoms with van der Waals surface area (Å²) in [6.07, 6.45) is 4.75. The molecule has 2 heterocycles. The monoisotopic (exact) mass is 306 g/mol. The van der Waals surface area contributed by atoms with E-state index in [-0.39, 0.29) is 23.6 Å². The van der Waals surface area contributed by atoms with E-state index < -0.39 is 10.0 Å². The van der Waals surface area contributed by atoms with Gasteiger partial charge in [-0.15, -0.1) is 12.4 Å². The fourth-order valence-corrected chi connectivity index (χ4v) is 2.94. The van der Waals surface area contributed by atoms with Gasteiger partial charge in [-0.3, -0.25) is 0 Å². The second-order valence-corrected chi connectivity index (χ2v) is 6.14. The van der Waals surface area contributed by atoms with E-state index in [9.17, 15) is 8.42 Å². The van der Waals surface area contributed by atoms with E-state index in [1.54, 1.807) is 13.0 Å². The van der Waals surface area contributed by atoms with Crippen molar-refractivity contribution in [3.05, 3.63) is 18.0 Å². The minimum Gasteiger partial charge on any atom is -0.313 e. The summed E-state index contributed by atoms with van der Waals surface area (Å²) >= 11 is 0. The second-order valence-electron chi connectivity index (χ2n) is 4.48. The molecule has 1 fully saturated rings. The Bertz CT molecular complexity index is 503. The highest BCUT2D eigenvalue weighted by atomic mass is 35.5. The number of rotatable bonds is 4. The molecule has 2 N–H and O–H groups in total. The molecule has 0 spiro atoms. The molecule has 6 nitrogen and oxygen atoms in total. The fourth-order valence-electron chi connectivity index (χ4n) is 1.93. The van der Waals surface area contributed by atoms with E-state index >= 15 is 0 Å². The first-order valence-electron chi connectivity index (χ1n) is 6.10. The van der Waals surface area contributed by atoms with Crippen LogP contribution in [0.2, 0.25) is 0 Å². The molecule has 0 saturated carbocycles. The fraction of sp³-hybridized carbons (Fsp3) is 0.636. The van der Waals surface area contributed by atoms with Crippen molar-refractivity contribution in [1.82, 2.24) is 20.0 Å². The first-order valence-corrected chi connectivity index (χ1v) is 7.59. The Balaban J connectivity index is 0.00000180. The lowest BCUT2D eigenvalue weighted by Gasteiger charge is -2.23. The molecule has 1 saturated heterocycles. The molecule has 8 heteroatoms. The topological polar surface area (TPSA) is 84.0 Å². The Morgan fingerprint density at radius 3 is 2.89 bits per heavy atom. The first kappa shape index (κ1) is 16.3. The number of aromatic nitrogens is 2. The number of hydrogen-bond donors (Lipinski definition) is 2. The minimum atomic E-state index is -3.59. The van der Waals surface area contributed by atoms with Gasteiger partial charge in [0.25, 0.3) is 15.2 Å². The van der Waals surface area contributed by atoms with Gasteiger partial charge in [-0.2, -0.15) is 0 Å². The average Bonchev–Trinajstić information content (AvgIpc) is 2.38. The lowest BCUT2D eigenvalue weighted by molar-refractivity contribution is 0.398. The molecule has 1 unspecified atom stereocenters. The number of halogens is 1. The summed E-state index contributed by atoms with van der Waals surface area (Å²) in [7, 11) is -3.59. The smallest absolute Gasteiger partial charge is 0.276 e. The highest BCUT2D eigenvalue weighted by Gasteiger charge is 2.20. The summed E-state index contributed by atoms with van der Waals surface area (Å²) in [5.41, 5.74) is 0.640. The minimum absolute atomic E-state index is 0. The van der Waals surface area contributed by atoms with Gasteiger partial charge in [0.15, 0.2) is 0 Å². The number of hydrogen-bond acceptors (Lipinski definition) is 5. The molecule has 0 aliphatic carbocycles. The lowest BCUT2D eigenvalue weighted by Crippen LogP contribution is -2.43. The largest absolute Gasteiger partial charge is 0.313 e. The zero-order valence-electron chi connectivity index (χ0n) is 10.8. The van der Waals surface area contributed by atoms with Crippen molar-refractivity contribution in [3.8, 4) is 0 Å². The van der Waals surface area contributed by atoms with Crippen LogP contribution >= 0.6 is 12.4 Å². The molecular formula is C11H19ClN4O2S. The Hall–Kier alpha value is -0.760. The van der Waals surface area contributed by atoms with Gasteiger partial charge in [-0.1, -0.05) is 6.42 Å². The highest BCUT2D eigenvalue weighted by molar-refractivity contribution is 7.89. The molecule has 1 aliphatic rings. The predicted octanol–water partition coefficient (Wildman–Crippen LogP) is 0.627. The predicted molar refractivity (Wildman–Crippen MR) is 74.8 cm³/mol. The summed E-state index contributed by atoms with van der Waals surface area (Å²) in [6.45, 7) is 3.08. The molecule has 0 aromatic carbocycles. The normalized spacial score (nSPS) is 19.7. The summed E-state index contributed by atoms with van der Waals surface area (Å²) in [4.78, 5) is 7.72. The number of aryl methyl sites for hydroxylation is 1. The van der Waals surface area contributed by atoms with Crippen molar-refractivity contribution in [2.45, 2.75) is 37.4 Å². The van der Waals surface area contributed by atoms with Gasteiger partial charge in [-0.05, 0) is 32.4 Å². The molecule has 2 rings (SSSR count). The summed E-state index contributed by atoms with van der Waals surface area (Å²) in [5, 5.41) is 3.13. The molecule has 1 aromatic heterocycles. The quantitative estimate of drug-likeness (QED) is 0.797. The van der Waals surface area contributed by atoms with Crippen molar-refractivity contribution in [1.29, 1.82) is 0 Å². The standard InChI is InChI=1S/C11H18N4O2S.ClH/c1-9-5-7-13-11(15-9)18(16,17)14-8-10-4-2-3-6-12-10;/h5,7,10,12,14H,2-4,6,8H2,1H3;1H. The van der Waals surface area contributed by atoms with Crippen LogP contribution in [0.25, 0.3) is 0 Å². The number of nitrogens with one attached hydrogen (secondary N) is 2. The molecule has 0 bridgehead atoms. The lowest BCUT2D eigenvalue weighted by atomic mass is 10.1. The number of piperidine rings is 1. The van der Waals surface area contributed by atoms with Crippen molar-refractivity contribution in [2.24, 2.45) is 0 Å². The molecule has 1 aliphatic heterocycles. The van der Waals surface area contributed by atoms with E-state index in [1.807, 2.05) is 0 Å². The Morgan fingerprint density at radius 1 is 1.47 bits per heavy atom. The maximum Gasteiger partial charge on any atom is 0.276 e. The third kappa shape index (κ3) is 4.68. The number of nitrogens with zero attached hydrogens (tertiary/aromatic N) is 2. The zero-order valence-corrected chi connectivity index (χ0v) is 12.4. The van der Waals surface area contributed by atoms with Crippen LogP contribution in [0, 0.1) is 6.92 Å². The summed E-state index contributed by atoms with van der Waals surface area (Å²) in [6, 6.07) is 1.88. The van der Waals surface area contributed by atoms with Crippen molar-refractivity contribution >= 4 is 22.4 Å². The second kappa shape index (κ2) is 7.14. The van der Waals surface area contributed by atoms with Crippen molar-refractivity contribution in [3.63, 3.8) is 0 Å². The van der Waals surface area contributed by atoms with Crippen LogP contribution in [-0.4, -0.2) is 37.5 Å². The average molecular weight is 307 g/mol. The highest BCUT2D eigenvalue weighted by Crippen LogP contribution is 2.07. The van der Waals surface area contributed by atoms with Gasteiger partial charge in [0.2, 0.25) is 0 Å². The van der Waals surface area contributed by atoms with E-state index in [0.717, 1.165) is 25.8 Å². The van der Waals surface area contributed by atoms with Crippen LogP contribution in [0.15, 0.2) is 17.4 Å². The maximum atomic E-state index is 12.0. The summed E-state index contributed by atoms with van der Waals surface area (Å²) < 4.78 is 26.5. The zero-order chi connectivity index (χ0) is 13.0. The molecule has 108 valence electrons. The third-order valence-corrected chi connectivity index (χ3v) is 4.17. The third-order valence-electron chi connectivity index (χ3n) is 2.95. The van der Waals surface area contributed by atoms with Gasteiger partial charge in [0.1, 0.15) is 0 Å². The van der Waals surface area contributed by atoms with Gasteiger partial charge in [0.05, 0.1) is 0 Å². The SMILES string of the molecule is Cc1ccnc(S(=O)(=O)NCC2CCCCN2)n1.Cl. The van der Waals surface area contributed by atoms with Crippen LogP contribution in [-0.2, 0) is 10.0 Å². The Morgan fingerprint density at radius 2 is 2.26 bits per heavy atom. The molecule has 1 aromatic rings. The van der Waals surface area contributed by atoms with Gasteiger partial charge >= 0.3 is 0 Å². The molecular weight excluding hydrogens is 288 g/mol. The van der Waals surface area contributed by atoms with E-state index in [4.69, 9.17) is 0 Å². The molecule has 0 amide bonds. The first-order chi connectivity index (χ1) is 8.58. The van der Waals surface area contributed by atoms with Crippen LogP contribution < -0.4 is 10.0 Å².